The van der Waals surface area contributed by atoms with Crippen LogP contribution in [0, 0.1) is 5.82 Å². The van der Waals surface area contributed by atoms with Crippen molar-refractivity contribution in [3.8, 4) is 17.0 Å². The van der Waals surface area contributed by atoms with Gasteiger partial charge in [-0.25, -0.2) is 18.9 Å². The van der Waals surface area contributed by atoms with Crippen molar-refractivity contribution in [2.75, 3.05) is 19.0 Å². The van der Waals surface area contributed by atoms with E-state index in [1.807, 2.05) is 0 Å². The van der Waals surface area contributed by atoms with Gasteiger partial charge in [0, 0.05) is 30.9 Å². The summed E-state index contributed by atoms with van der Waals surface area (Å²) < 4.78 is 23.2. The van der Waals surface area contributed by atoms with Crippen LogP contribution in [0.25, 0.3) is 16.8 Å². The predicted molar refractivity (Wildman–Crippen MR) is 148 cm³/mol. The molecule has 5 aromatic rings. The van der Waals surface area contributed by atoms with Gasteiger partial charge in [0.25, 0.3) is 5.56 Å². The minimum absolute atomic E-state index is 0.173. The molecular weight excluding hydrogens is 557 g/mol. The van der Waals surface area contributed by atoms with Crippen molar-refractivity contribution in [3.05, 3.63) is 82.0 Å². The second-order valence-electron chi connectivity index (χ2n) is 9.10. The monoisotopic (exact) mass is 581 g/mol. The fourth-order valence-electron chi connectivity index (χ4n) is 4.21. The number of nitrogens with zero attached hydrogens (tertiary/aromatic N) is 7. The van der Waals surface area contributed by atoms with Crippen molar-refractivity contribution >= 4 is 34.8 Å². The Hall–Kier alpha value is -4.82. The van der Waals surface area contributed by atoms with Crippen LogP contribution in [0.4, 0.5) is 16.2 Å². The fourth-order valence-corrected chi connectivity index (χ4v) is 4.41. The van der Waals surface area contributed by atoms with Crippen LogP contribution >= 0.6 is 11.6 Å². The van der Waals surface area contributed by atoms with Crippen molar-refractivity contribution < 1.29 is 19.0 Å². The molecule has 0 radical (unpaired) electrons. The smallest absolute Gasteiger partial charge is 0.278 e. The Morgan fingerprint density at radius 3 is 2.76 bits per heavy atom. The molecule has 0 spiro atoms. The fraction of sp³-hybridized carbons (Fsp3) is 0.231. The second-order valence-corrected chi connectivity index (χ2v) is 9.51. The minimum atomic E-state index is -1.01. The summed E-state index contributed by atoms with van der Waals surface area (Å²) in [6, 6.07) is 5.25. The van der Waals surface area contributed by atoms with Gasteiger partial charge in [-0.1, -0.05) is 11.6 Å². The van der Waals surface area contributed by atoms with Crippen LogP contribution in [-0.4, -0.2) is 58.7 Å². The summed E-state index contributed by atoms with van der Waals surface area (Å²) in [6.45, 7) is 1.01. The van der Waals surface area contributed by atoms with E-state index in [0.717, 1.165) is 4.57 Å². The molecule has 0 saturated carbocycles. The maximum Gasteiger partial charge on any atom is 0.278 e. The van der Waals surface area contributed by atoms with E-state index < -0.39 is 36.0 Å². The lowest BCUT2D eigenvalue weighted by atomic mass is 10.1. The standard InChI is InChI=1S/C26H25ClFN9O4/c1-14(24(39)32-20(12-38)15-6-17(28)9-18(7-15)41-3)36-13-31-37-11-16(8-21(37)25(36)40)23-19(27)10-29-26(34-23)33-22-4-5-30-35(22)2/h4-11,13-14,20,38H,12H2,1-3H3,(H,32,39)(H,29,33,34)/t14-,20+/m0/s1. The zero-order valence-corrected chi connectivity index (χ0v) is 22.9. The number of hydrogen-bond acceptors (Lipinski definition) is 9. The third kappa shape index (κ3) is 5.60. The molecule has 0 aliphatic carbocycles. The lowest BCUT2D eigenvalue weighted by molar-refractivity contribution is -0.125. The highest BCUT2D eigenvalue weighted by molar-refractivity contribution is 6.32. The molecular formula is C26H25ClFN9O4. The Balaban J connectivity index is 1.41. The first-order chi connectivity index (χ1) is 19.7. The molecule has 3 N–H and O–H groups in total. The van der Waals surface area contributed by atoms with Crippen LogP contribution in [0.2, 0.25) is 5.02 Å². The maximum atomic E-state index is 14.0. The quantitative estimate of drug-likeness (QED) is 0.238. The first-order valence-corrected chi connectivity index (χ1v) is 12.7. The number of aryl methyl sites for hydroxylation is 1. The van der Waals surface area contributed by atoms with Gasteiger partial charge >= 0.3 is 0 Å². The molecule has 0 saturated heterocycles. The number of carbonyl (C=O) groups is 1. The average Bonchev–Trinajstić information content (AvgIpc) is 3.58. The van der Waals surface area contributed by atoms with Crippen molar-refractivity contribution in [1.82, 2.24) is 39.2 Å². The third-order valence-corrected chi connectivity index (χ3v) is 6.74. The molecule has 0 unspecified atom stereocenters. The molecule has 0 aliphatic rings. The number of aliphatic hydroxyl groups excluding tert-OH is 1. The Morgan fingerprint density at radius 2 is 2.05 bits per heavy atom. The van der Waals surface area contributed by atoms with E-state index >= 15 is 0 Å². The summed E-state index contributed by atoms with van der Waals surface area (Å²) in [6.07, 6.45) is 5.89. The molecule has 2 atom stereocenters. The van der Waals surface area contributed by atoms with E-state index in [-0.39, 0.29) is 22.2 Å². The summed E-state index contributed by atoms with van der Waals surface area (Å²) in [5, 5.41) is 24.2. The lowest BCUT2D eigenvalue weighted by Gasteiger charge is -2.21. The number of aromatic nitrogens is 7. The van der Waals surface area contributed by atoms with Crippen LogP contribution in [0.15, 0.2) is 60.0 Å². The van der Waals surface area contributed by atoms with E-state index in [4.69, 9.17) is 16.3 Å². The summed E-state index contributed by atoms with van der Waals surface area (Å²) in [7, 11) is 3.15. The van der Waals surface area contributed by atoms with Gasteiger partial charge in [-0.2, -0.15) is 10.2 Å². The van der Waals surface area contributed by atoms with Crippen molar-refractivity contribution in [2.24, 2.45) is 7.05 Å². The number of carbonyl (C=O) groups excluding carboxylic acids is 1. The lowest BCUT2D eigenvalue weighted by Crippen LogP contribution is -2.39. The van der Waals surface area contributed by atoms with Crippen molar-refractivity contribution in [2.45, 2.75) is 19.0 Å². The van der Waals surface area contributed by atoms with Gasteiger partial charge < -0.3 is 20.5 Å². The average molecular weight is 582 g/mol. The number of ether oxygens (including phenoxy) is 1. The number of methoxy groups -OCH3 is 1. The molecule has 4 aromatic heterocycles. The van der Waals surface area contributed by atoms with Crippen LogP contribution in [0.1, 0.15) is 24.6 Å². The molecule has 4 heterocycles. The number of amides is 1. The van der Waals surface area contributed by atoms with Gasteiger partial charge in [-0.15, -0.1) is 0 Å². The molecule has 1 amide bonds. The SMILES string of the molecule is COc1cc(F)cc([C@@H](CO)NC(=O)[C@H](C)n2cnn3cc(-c4nc(Nc5ccnn5C)ncc4Cl)cc3c2=O)c1. The minimum Gasteiger partial charge on any atom is -0.497 e. The summed E-state index contributed by atoms with van der Waals surface area (Å²) in [4.78, 5) is 35.2. The van der Waals surface area contributed by atoms with Crippen LogP contribution in [-0.2, 0) is 11.8 Å². The Kier molecular flexibility index (Phi) is 7.68. The zero-order chi connectivity index (χ0) is 29.3. The van der Waals surface area contributed by atoms with E-state index in [1.54, 1.807) is 36.3 Å². The zero-order valence-electron chi connectivity index (χ0n) is 22.1. The van der Waals surface area contributed by atoms with Crippen LogP contribution in [0.3, 0.4) is 0 Å². The molecule has 41 heavy (non-hydrogen) atoms. The number of nitrogens with one attached hydrogen (secondary N) is 2. The molecule has 5 rings (SSSR count). The maximum absolute atomic E-state index is 14.0. The van der Waals surface area contributed by atoms with Crippen molar-refractivity contribution in [3.63, 3.8) is 0 Å². The molecule has 15 heteroatoms. The van der Waals surface area contributed by atoms with E-state index in [2.05, 4.69) is 30.8 Å². The summed E-state index contributed by atoms with van der Waals surface area (Å²) >= 11 is 6.39. The van der Waals surface area contributed by atoms with Gasteiger partial charge in [-0.05, 0) is 30.7 Å². The number of rotatable bonds is 9. The van der Waals surface area contributed by atoms with E-state index in [9.17, 15) is 19.1 Å². The Morgan fingerprint density at radius 1 is 1.24 bits per heavy atom. The highest BCUT2D eigenvalue weighted by Crippen LogP contribution is 2.28. The second kappa shape index (κ2) is 11.3. The number of hydrogen-bond donors (Lipinski definition) is 3. The van der Waals surface area contributed by atoms with Gasteiger partial charge in [-0.3, -0.25) is 18.8 Å². The highest BCUT2D eigenvalue weighted by atomic mass is 35.5. The first kappa shape index (κ1) is 27.7. The highest BCUT2D eigenvalue weighted by Gasteiger charge is 2.23. The van der Waals surface area contributed by atoms with Gasteiger partial charge in [0.1, 0.15) is 35.3 Å². The number of anilines is 2. The Bertz CT molecular complexity index is 1800. The van der Waals surface area contributed by atoms with E-state index in [0.29, 0.717) is 22.6 Å². The molecule has 0 bridgehead atoms. The van der Waals surface area contributed by atoms with Gasteiger partial charge in [0.15, 0.2) is 0 Å². The topological polar surface area (TPSA) is 153 Å². The summed E-state index contributed by atoms with van der Waals surface area (Å²) in [5.41, 5.74) is 0.850. The number of aliphatic hydroxyl groups is 1. The molecule has 1 aromatic carbocycles. The number of halogens is 2. The number of fused-ring (bicyclic) bond motifs is 1. The Labute approximate surface area is 237 Å². The predicted octanol–water partition coefficient (Wildman–Crippen LogP) is 2.64. The van der Waals surface area contributed by atoms with Crippen LogP contribution < -0.4 is 20.9 Å². The third-order valence-electron chi connectivity index (χ3n) is 6.46. The largest absolute Gasteiger partial charge is 0.497 e. The number of benzene rings is 1. The van der Waals surface area contributed by atoms with Gasteiger partial charge in [0.2, 0.25) is 11.9 Å². The molecule has 212 valence electrons. The normalized spacial score (nSPS) is 12.7. The van der Waals surface area contributed by atoms with Gasteiger partial charge in [0.05, 0.1) is 42.9 Å². The molecule has 13 nitrogen and oxygen atoms in total. The van der Waals surface area contributed by atoms with Crippen LogP contribution in [0.5, 0.6) is 5.75 Å². The summed E-state index contributed by atoms with van der Waals surface area (Å²) in [5.74, 6) is 0.000382. The van der Waals surface area contributed by atoms with E-state index in [1.165, 1.54) is 49.3 Å². The first-order valence-electron chi connectivity index (χ1n) is 12.3. The van der Waals surface area contributed by atoms with Crippen molar-refractivity contribution in [1.29, 1.82) is 0 Å². The molecule has 0 aliphatic heterocycles. The molecule has 0 fully saturated rings.